The Morgan fingerprint density at radius 3 is 2.55 bits per heavy atom. The molecular formula is C19H22O3. The minimum Gasteiger partial charge on any atom is -0.497 e. The van der Waals surface area contributed by atoms with Crippen molar-refractivity contribution in [1.29, 1.82) is 0 Å². The fourth-order valence-electron chi connectivity index (χ4n) is 2.27. The summed E-state index contributed by atoms with van der Waals surface area (Å²) in [5.74, 6) is 1.38. The topological polar surface area (TPSA) is 35.5 Å². The third-order valence-electron chi connectivity index (χ3n) is 3.57. The first kappa shape index (κ1) is 16.1. The van der Waals surface area contributed by atoms with Gasteiger partial charge in [-0.2, -0.15) is 0 Å². The number of unbranched alkanes of at least 4 members (excludes halogenated alkanes) is 1. The molecule has 0 saturated heterocycles. The molecular weight excluding hydrogens is 276 g/mol. The van der Waals surface area contributed by atoms with E-state index in [0.717, 1.165) is 24.2 Å². The zero-order chi connectivity index (χ0) is 15.9. The molecule has 0 saturated carbocycles. The van der Waals surface area contributed by atoms with E-state index in [1.807, 2.05) is 37.3 Å². The van der Waals surface area contributed by atoms with Crippen molar-refractivity contribution >= 4 is 5.78 Å². The van der Waals surface area contributed by atoms with E-state index >= 15 is 0 Å². The molecule has 3 nitrogen and oxygen atoms in total. The predicted octanol–water partition coefficient (Wildman–Crippen LogP) is 4.41. The van der Waals surface area contributed by atoms with Crippen molar-refractivity contribution in [2.75, 3.05) is 13.7 Å². The van der Waals surface area contributed by atoms with Crippen molar-refractivity contribution in [1.82, 2.24) is 0 Å². The highest BCUT2D eigenvalue weighted by atomic mass is 16.5. The summed E-state index contributed by atoms with van der Waals surface area (Å²) in [4.78, 5) is 12.8. The Bertz CT molecular complexity index is 647. The number of hydrogen-bond acceptors (Lipinski definition) is 3. The lowest BCUT2D eigenvalue weighted by Crippen LogP contribution is -2.08. The molecule has 0 aromatic heterocycles. The van der Waals surface area contributed by atoms with E-state index in [1.54, 1.807) is 19.2 Å². The van der Waals surface area contributed by atoms with Crippen molar-refractivity contribution < 1.29 is 14.3 Å². The maximum Gasteiger partial charge on any atom is 0.197 e. The van der Waals surface area contributed by atoms with Crippen LogP contribution in [0.5, 0.6) is 11.5 Å². The van der Waals surface area contributed by atoms with Crippen molar-refractivity contribution in [2.24, 2.45) is 0 Å². The fourth-order valence-corrected chi connectivity index (χ4v) is 2.27. The van der Waals surface area contributed by atoms with Crippen molar-refractivity contribution in [3.8, 4) is 11.5 Å². The van der Waals surface area contributed by atoms with Gasteiger partial charge < -0.3 is 9.47 Å². The van der Waals surface area contributed by atoms with E-state index in [4.69, 9.17) is 9.47 Å². The van der Waals surface area contributed by atoms with Crippen molar-refractivity contribution in [3.63, 3.8) is 0 Å². The van der Waals surface area contributed by atoms with Gasteiger partial charge in [-0.15, -0.1) is 0 Å². The van der Waals surface area contributed by atoms with Gasteiger partial charge in [-0.1, -0.05) is 25.5 Å². The highest BCUT2D eigenvalue weighted by Gasteiger charge is 2.16. The van der Waals surface area contributed by atoms with Crippen LogP contribution < -0.4 is 9.47 Å². The SMILES string of the molecule is CCCCOc1ccccc1C(=O)c1ccc(OC)cc1C. The van der Waals surface area contributed by atoms with Gasteiger partial charge in [0.2, 0.25) is 0 Å². The molecule has 0 atom stereocenters. The first-order valence-corrected chi connectivity index (χ1v) is 7.58. The van der Waals surface area contributed by atoms with E-state index in [1.165, 1.54) is 0 Å². The van der Waals surface area contributed by atoms with E-state index in [0.29, 0.717) is 23.5 Å². The second-order valence-electron chi connectivity index (χ2n) is 5.21. The molecule has 22 heavy (non-hydrogen) atoms. The van der Waals surface area contributed by atoms with Gasteiger partial charge in [0, 0.05) is 5.56 Å². The Kier molecular flexibility index (Phi) is 5.59. The standard InChI is InChI=1S/C19H22O3/c1-4-5-12-22-18-9-7-6-8-17(18)19(20)16-11-10-15(21-3)13-14(16)2/h6-11,13H,4-5,12H2,1-3H3. The molecule has 0 fully saturated rings. The monoisotopic (exact) mass is 298 g/mol. The normalized spacial score (nSPS) is 10.3. The number of carbonyl (C=O) groups excluding carboxylic acids is 1. The molecule has 0 aliphatic rings. The minimum atomic E-state index is -0.0211. The second-order valence-corrected chi connectivity index (χ2v) is 5.21. The van der Waals surface area contributed by atoms with Crippen LogP contribution in [0.2, 0.25) is 0 Å². The average Bonchev–Trinajstić information content (AvgIpc) is 2.55. The molecule has 0 aliphatic carbocycles. The van der Waals surface area contributed by atoms with E-state index in [2.05, 4.69) is 6.92 Å². The number of carbonyl (C=O) groups is 1. The molecule has 2 aromatic rings. The average molecular weight is 298 g/mol. The number of benzene rings is 2. The molecule has 0 radical (unpaired) electrons. The zero-order valence-electron chi connectivity index (χ0n) is 13.4. The zero-order valence-corrected chi connectivity index (χ0v) is 13.4. The lowest BCUT2D eigenvalue weighted by molar-refractivity contribution is 0.103. The van der Waals surface area contributed by atoms with Gasteiger partial charge in [-0.05, 0) is 49.2 Å². The summed E-state index contributed by atoms with van der Waals surface area (Å²) >= 11 is 0. The Morgan fingerprint density at radius 1 is 1.09 bits per heavy atom. The Hall–Kier alpha value is -2.29. The fraction of sp³-hybridized carbons (Fsp3) is 0.316. The Morgan fingerprint density at radius 2 is 1.86 bits per heavy atom. The number of ether oxygens (including phenoxy) is 2. The van der Waals surface area contributed by atoms with Gasteiger partial charge in [0.25, 0.3) is 0 Å². The van der Waals surface area contributed by atoms with Gasteiger partial charge in [0.15, 0.2) is 5.78 Å². The number of hydrogen-bond donors (Lipinski definition) is 0. The maximum atomic E-state index is 12.8. The molecule has 0 amide bonds. The van der Waals surface area contributed by atoms with Crippen LogP contribution in [0.1, 0.15) is 41.3 Å². The van der Waals surface area contributed by atoms with E-state index in [9.17, 15) is 4.79 Å². The Balaban J connectivity index is 2.29. The lowest BCUT2D eigenvalue weighted by atomic mass is 9.98. The van der Waals surface area contributed by atoms with Crippen LogP contribution in [0.3, 0.4) is 0 Å². The summed E-state index contributed by atoms with van der Waals surface area (Å²) in [7, 11) is 1.62. The number of aryl methyl sites for hydroxylation is 1. The molecule has 0 spiro atoms. The quantitative estimate of drug-likeness (QED) is 0.561. The third kappa shape index (κ3) is 3.67. The highest BCUT2D eigenvalue weighted by Crippen LogP contribution is 2.25. The molecule has 2 aromatic carbocycles. The summed E-state index contributed by atoms with van der Waals surface area (Å²) < 4.78 is 10.9. The summed E-state index contributed by atoms with van der Waals surface area (Å²) in [5.41, 5.74) is 2.17. The molecule has 0 aliphatic heterocycles. The van der Waals surface area contributed by atoms with Crippen LogP contribution in [0, 0.1) is 6.92 Å². The molecule has 0 N–H and O–H groups in total. The van der Waals surface area contributed by atoms with Gasteiger partial charge >= 0.3 is 0 Å². The number of para-hydroxylation sites is 1. The van der Waals surface area contributed by atoms with Crippen molar-refractivity contribution in [3.05, 3.63) is 59.2 Å². The molecule has 2 rings (SSSR count). The van der Waals surface area contributed by atoms with E-state index < -0.39 is 0 Å². The number of ketones is 1. The van der Waals surface area contributed by atoms with Crippen molar-refractivity contribution in [2.45, 2.75) is 26.7 Å². The molecule has 0 heterocycles. The molecule has 0 unspecified atom stereocenters. The van der Waals surface area contributed by atoms with Crippen LogP contribution >= 0.6 is 0 Å². The summed E-state index contributed by atoms with van der Waals surface area (Å²) in [6, 6.07) is 12.9. The van der Waals surface area contributed by atoms with Gasteiger partial charge in [-0.3, -0.25) is 4.79 Å². The first-order valence-electron chi connectivity index (χ1n) is 7.58. The second kappa shape index (κ2) is 7.64. The minimum absolute atomic E-state index is 0.0211. The molecule has 0 bridgehead atoms. The highest BCUT2D eigenvalue weighted by molar-refractivity contribution is 6.11. The van der Waals surface area contributed by atoms with Gasteiger partial charge in [-0.25, -0.2) is 0 Å². The summed E-state index contributed by atoms with van der Waals surface area (Å²) in [6.45, 7) is 4.65. The number of methoxy groups -OCH3 is 1. The van der Waals surface area contributed by atoms with Crippen LogP contribution in [0.25, 0.3) is 0 Å². The first-order chi connectivity index (χ1) is 10.7. The van der Waals surface area contributed by atoms with Crippen LogP contribution in [-0.2, 0) is 0 Å². The van der Waals surface area contributed by atoms with Gasteiger partial charge in [0.05, 0.1) is 19.3 Å². The van der Waals surface area contributed by atoms with Crippen LogP contribution in [-0.4, -0.2) is 19.5 Å². The van der Waals surface area contributed by atoms with E-state index in [-0.39, 0.29) is 5.78 Å². The van der Waals surface area contributed by atoms with Crippen LogP contribution in [0.15, 0.2) is 42.5 Å². The smallest absolute Gasteiger partial charge is 0.197 e. The maximum absolute atomic E-state index is 12.8. The Labute approximate surface area is 131 Å². The van der Waals surface area contributed by atoms with Crippen LogP contribution in [0.4, 0.5) is 0 Å². The van der Waals surface area contributed by atoms with Gasteiger partial charge in [0.1, 0.15) is 11.5 Å². The summed E-state index contributed by atoms with van der Waals surface area (Å²) in [5, 5.41) is 0. The predicted molar refractivity (Wildman–Crippen MR) is 88.0 cm³/mol. The largest absolute Gasteiger partial charge is 0.497 e. The third-order valence-corrected chi connectivity index (χ3v) is 3.57. The lowest BCUT2D eigenvalue weighted by Gasteiger charge is -2.12. The molecule has 116 valence electrons. The number of rotatable bonds is 7. The summed E-state index contributed by atoms with van der Waals surface area (Å²) in [6.07, 6.45) is 2.04. The molecule has 3 heteroatoms.